The minimum absolute atomic E-state index is 0.182. The van der Waals surface area contributed by atoms with Crippen molar-refractivity contribution in [2.45, 2.75) is 6.92 Å². The quantitative estimate of drug-likeness (QED) is 0.545. The van der Waals surface area contributed by atoms with E-state index in [2.05, 4.69) is 15.5 Å². The molecule has 2 aromatic carbocycles. The van der Waals surface area contributed by atoms with Gasteiger partial charge in [0, 0.05) is 0 Å². The predicted molar refractivity (Wildman–Crippen MR) is 101 cm³/mol. The van der Waals surface area contributed by atoms with Crippen LogP contribution in [0.3, 0.4) is 0 Å². The SMILES string of the molecule is CCOn1c(NN=Cc2ccc(Cl)c(Cl)c2)nc2ccccc2c1=O. The molecule has 0 aliphatic heterocycles. The fourth-order valence-corrected chi connectivity index (χ4v) is 2.50. The van der Waals surface area contributed by atoms with E-state index < -0.39 is 0 Å². The third-order valence-electron chi connectivity index (χ3n) is 3.32. The fourth-order valence-electron chi connectivity index (χ4n) is 2.19. The second-order valence-electron chi connectivity index (χ2n) is 5.01. The molecule has 25 heavy (non-hydrogen) atoms. The van der Waals surface area contributed by atoms with Gasteiger partial charge in [0.25, 0.3) is 11.5 Å². The molecule has 0 amide bonds. The second-order valence-corrected chi connectivity index (χ2v) is 5.83. The molecule has 1 N–H and O–H groups in total. The summed E-state index contributed by atoms with van der Waals surface area (Å²) in [5, 5.41) is 5.46. The first-order valence-corrected chi connectivity index (χ1v) is 8.25. The summed E-state index contributed by atoms with van der Waals surface area (Å²) in [5.74, 6) is 0.182. The molecule has 0 spiro atoms. The van der Waals surface area contributed by atoms with Crippen LogP contribution >= 0.6 is 23.2 Å². The molecule has 1 heterocycles. The van der Waals surface area contributed by atoms with Crippen molar-refractivity contribution in [3.8, 4) is 0 Å². The van der Waals surface area contributed by atoms with E-state index in [9.17, 15) is 4.79 Å². The van der Waals surface area contributed by atoms with Gasteiger partial charge in [-0.1, -0.05) is 41.4 Å². The van der Waals surface area contributed by atoms with Crippen LogP contribution in [0.25, 0.3) is 10.9 Å². The molecule has 0 saturated carbocycles. The normalized spacial score (nSPS) is 11.2. The van der Waals surface area contributed by atoms with Crippen LogP contribution in [0, 0.1) is 0 Å². The van der Waals surface area contributed by atoms with Gasteiger partial charge in [0.2, 0.25) is 0 Å². The molecule has 0 aliphatic rings. The van der Waals surface area contributed by atoms with Crippen molar-refractivity contribution < 1.29 is 4.84 Å². The van der Waals surface area contributed by atoms with Crippen molar-refractivity contribution >= 4 is 46.3 Å². The van der Waals surface area contributed by atoms with Gasteiger partial charge >= 0.3 is 0 Å². The molecule has 0 fully saturated rings. The van der Waals surface area contributed by atoms with E-state index in [1.807, 2.05) is 6.07 Å². The van der Waals surface area contributed by atoms with Crippen molar-refractivity contribution in [3.05, 3.63) is 68.4 Å². The number of nitrogens with one attached hydrogen (secondary N) is 1. The molecule has 0 atom stereocenters. The summed E-state index contributed by atoms with van der Waals surface area (Å²) >= 11 is 11.9. The Morgan fingerprint density at radius 3 is 2.80 bits per heavy atom. The minimum atomic E-state index is -0.306. The number of aromatic nitrogens is 2. The van der Waals surface area contributed by atoms with Gasteiger partial charge in [-0.3, -0.25) is 4.79 Å². The Balaban J connectivity index is 1.94. The van der Waals surface area contributed by atoms with Crippen molar-refractivity contribution in [2.24, 2.45) is 5.10 Å². The highest BCUT2D eigenvalue weighted by Crippen LogP contribution is 2.21. The highest BCUT2D eigenvalue weighted by Gasteiger charge is 2.11. The summed E-state index contributed by atoms with van der Waals surface area (Å²) < 4.78 is 1.09. The lowest BCUT2D eigenvalue weighted by molar-refractivity contribution is 0.117. The monoisotopic (exact) mass is 376 g/mol. The zero-order chi connectivity index (χ0) is 17.8. The van der Waals surface area contributed by atoms with E-state index in [4.69, 9.17) is 28.0 Å². The summed E-state index contributed by atoms with van der Waals surface area (Å²) in [7, 11) is 0. The number of anilines is 1. The maximum atomic E-state index is 12.5. The maximum Gasteiger partial charge on any atom is 0.295 e. The Hall–Kier alpha value is -2.57. The molecule has 3 rings (SSSR count). The summed E-state index contributed by atoms with van der Waals surface area (Å²) in [6, 6.07) is 12.2. The third kappa shape index (κ3) is 3.75. The third-order valence-corrected chi connectivity index (χ3v) is 4.06. The van der Waals surface area contributed by atoms with Crippen molar-refractivity contribution in [1.29, 1.82) is 0 Å². The van der Waals surface area contributed by atoms with Gasteiger partial charge in [0.15, 0.2) is 0 Å². The van der Waals surface area contributed by atoms with Crippen LogP contribution in [-0.4, -0.2) is 22.5 Å². The molecular weight excluding hydrogens is 363 g/mol. The highest BCUT2D eigenvalue weighted by atomic mass is 35.5. The van der Waals surface area contributed by atoms with Gasteiger partial charge in [-0.2, -0.15) is 5.10 Å². The zero-order valence-electron chi connectivity index (χ0n) is 13.2. The van der Waals surface area contributed by atoms with E-state index in [-0.39, 0.29) is 11.5 Å². The Kier molecular flexibility index (Phi) is 5.21. The molecule has 6 nitrogen and oxygen atoms in total. The standard InChI is InChI=1S/C17H14Cl2N4O2/c1-2-25-23-16(24)12-5-3-4-6-15(12)21-17(23)22-20-10-11-7-8-13(18)14(19)9-11/h3-10H,2H2,1H3,(H,21,22). The number of rotatable bonds is 5. The summed E-state index contributed by atoms with van der Waals surface area (Å²) in [6.45, 7) is 2.09. The molecule has 0 aliphatic carbocycles. The number of hydrazone groups is 1. The number of hydrogen-bond acceptors (Lipinski definition) is 5. The lowest BCUT2D eigenvalue weighted by Crippen LogP contribution is -2.30. The van der Waals surface area contributed by atoms with Crippen LogP contribution in [0.15, 0.2) is 52.4 Å². The van der Waals surface area contributed by atoms with Gasteiger partial charge in [0.05, 0.1) is 27.2 Å². The van der Waals surface area contributed by atoms with Gasteiger partial charge < -0.3 is 4.84 Å². The molecule has 0 saturated heterocycles. The molecule has 0 radical (unpaired) electrons. The van der Waals surface area contributed by atoms with Gasteiger partial charge in [-0.25, -0.2) is 10.4 Å². The van der Waals surface area contributed by atoms with Crippen molar-refractivity contribution in [2.75, 3.05) is 12.0 Å². The van der Waals surface area contributed by atoms with Crippen LogP contribution in [0.2, 0.25) is 10.0 Å². The summed E-state index contributed by atoms with van der Waals surface area (Å²) in [5.41, 5.74) is 3.72. The molecular formula is C17H14Cl2N4O2. The highest BCUT2D eigenvalue weighted by molar-refractivity contribution is 6.42. The molecule has 128 valence electrons. The van der Waals surface area contributed by atoms with Gasteiger partial charge in [0.1, 0.15) is 6.61 Å². The summed E-state index contributed by atoms with van der Waals surface area (Å²) in [4.78, 5) is 22.3. The molecule has 3 aromatic rings. The van der Waals surface area contributed by atoms with E-state index in [1.165, 1.54) is 0 Å². The average Bonchev–Trinajstić information content (AvgIpc) is 2.61. The Labute approximate surface area is 153 Å². The average molecular weight is 377 g/mol. The predicted octanol–water partition coefficient (Wildman–Crippen LogP) is 3.60. The van der Waals surface area contributed by atoms with E-state index in [0.717, 1.165) is 10.3 Å². The Morgan fingerprint density at radius 1 is 1.24 bits per heavy atom. The van der Waals surface area contributed by atoms with Gasteiger partial charge in [-0.05, 0) is 36.8 Å². The fraction of sp³-hybridized carbons (Fsp3) is 0.118. The second kappa shape index (κ2) is 7.55. The van der Waals surface area contributed by atoms with E-state index in [1.54, 1.807) is 49.5 Å². The first-order chi connectivity index (χ1) is 12.1. The number of fused-ring (bicyclic) bond motifs is 1. The van der Waals surface area contributed by atoms with E-state index >= 15 is 0 Å². The lowest BCUT2D eigenvalue weighted by Gasteiger charge is -2.11. The Bertz CT molecular complexity index is 1000. The van der Waals surface area contributed by atoms with Crippen LogP contribution in [0.4, 0.5) is 5.95 Å². The number of para-hydroxylation sites is 1. The van der Waals surface area contributed by atoms with Crippen molar-refractivity contribution in [1.82, 2.24) is 9.71 Å². The maximum absolute atomic E-state index is 12.5. The first-order valence-electron chi connectivity index (χ1n) is 7.49. The zero-order valence-corrected chi connectivity index (χ0v) is 14.8. The smallest absolute Gasteiger partial charge is 0.295 e. The van der Waals surface area contributed by atoms with Gasteiger partial charge in [-0.15, -0.1) is 4.73 Å². The molecule has 0 bridgehead atoms. The molecule has 1 aromatic heterocycles. The number of halogens is 2. The molecule has 0 unspecified atom stereocenters. The number of benzene rings is 2. The van der Waals surface area contributed by atoms with Crippen LogP contribution in [-0.2, 0) is 0 Å². The van der Waals surface area contributed by atoms with Crippen molar-refractivity contribution in [3.63, 3.8) is 0 Å². The number of nitrogens with zero attached hydrogens (tertiary/aromatic N) is 3. The largest absolute Gasteiger partial charge is 0.408 e. The topological polar surface area (TPSA) is 68.5 Å². The minimum Gasteiger partial charge on any atom is -0.408 e. The van der Waals surface area contributed by atoms with Crippen LogP contribution in [0.1, 0.15) is 12.5 Å². The lowest BCUT2D eigenvalue weighted by atomic mass is 10.2. The summed E-state index contributed by atoms with van der Waals surface area (Å²) in [6.07, 6.45) is 1.54. The van der Waals surface area contributed by atoms with Crippen LogP contribution in [0.5, 0.6) is 0 Å². The first kappa shape index (κ1) is 17.3. The molecule has 8 heteroatoms. The Morgan fingerprint density at radius 2 is 2.04 bits per heavy atom. The van der Waals surface area contributed by atoms with E-state index in [0.29, 0.717) is 27.6 Å². The number of hydrogen-bond donors (Lipinski definition) is 1. The van der Waals surface area contributed by atoms with Crippen LogP contribution < -0.4 is 15.8 Å².